The Labute approximate surface area is 140 Å². The molecule has 1 aliphatic rings. The molecule has 118 valence electrons. The van der Waals surface area contributed by atoms with Crippen LogP contribution in [0.5, 0.6) is 5.75 Å². The molecule has 0 saturated heterocycles. The number of benzene rings is 1. The van der Waals surface area contributed by atoms with Gasteiger partial charge in [-0.15, -0.1) is 24.0 Å². The molecule has 7 heteroatoms. The lowest BCUT2D eigenvalue weighted by molar-refractivity contribution is -0.0498. The maximum atomic E-state index is 12.1. The van der Waals surface area contributed by atoms with Gasteiger partial charge in [-0.05, 0) is 36.5 Å². The highest BCUT2D eigenvalue weighted by Gasteiger charge is 2.20. The Morgan fingerprint density at radius 2 is 2.14 bits per heavy atom. The minimum Gasteiger partial charge on any atom is -0.435 e. The number of nitrogens with zero attached hydrogens (tertiary/aromatic N) is 1. The van der Waals surface area contributed by atoms with Crippen molar-refractivity contribution >= 4 is 29.9 Å². The summed E-state index contributed by atoms with van der Waals surface area (Å²) < 4.78 is 28.6. The van der Waals surface area contributed by atoms with Gasteiger partial charge in [0.25, 0.3) is 0 Å². The Kier molecular flexibility index (Phi) is 7.69. The van der Waals surface area contributed by atoms with Crippen LogP contribution in [0.4, 0.5) is 8.78 Å². The molecule has 1 saturated carbocycles. The topological polar surface area (TPSA) is 45.7 Å². The van der Waals surface area contributed by atoms with Gasteiger partial charge in [0.2, 0.25) is 0 Å². The van der Waals surface area contributed by atoms with Gasteiger partial charge in [0.1, 0.15) is 5.75 Å². The first-order valence-corrected chi connectivity index (χ1v) is 6.65. The lowest BCUT2D eigenvalue weighted by atomic mass is 10.2. The number of rotatable bonds is 6. The van der Waals surface area contributed by atoms with E-state index in [4.69, 9.17) is 0 Å². The number of ether oxygens (including phenoxy) is 1. The van der Waals surface area contributed by atoms with Gasteiger partial charge in [-0.2, -0.15) is 8.78 Å². The summed E-state index contributed by atoms with van der Waals surface area (Å²) in [5.74, 6) is 1.65. The minimum absolute atomic E-state index is 0. The molecule has 0 unspecified atom stereocenters. The van der Waals surface area contributed by atoms with Crippen molar-refractivity contribution in [3.8, 4) is 5.75 Å². The number of hydrogen-bond acceptors (Lipinski definition) is 2. The van der Waals surface area contributed by atoms with Crippen molar-refractivity contribution in [2.45, 2.75) is 26.0 Å². The second-order valence-electron chi connectivity index (χ2n) is 4.78. The molecule has 1 aromatic rings. The van der Waals surface area contributed by atoms with Crippen LogP contribution in [0.2, 0.25) is 0 Å². The zero-order valence-corrected chi connectivity index (χ0v) is 14.1. The molecule has 0 aromatic heterocycles. The Morgan fingerprint density at radius 3 is 2.76 bits per heavy atom. The van der Waals surface area contributed by atoms with E-state index in [0.717, 1.165) is 24.0 Å². The molecule has 0 heterocycles. The summed E-state index contributed by atoms with van der Waals surface area (Å²) in [5, 5.41) is 6.38. The molecule has 21 heavy (non-hydrogen) atoms. The van der Waals surface area contributed by atoms with Crippen molar-refractivity contribution < 1.29 is 13.5 Å². The molecule has 1 aromatic carbocycles. The summed E-state index contributed by atoms with van der Waals surface area (Å²) in [6, 6.07) is 6.64. The van der Waals surface area contributed by atoms with Crippen LogP contribution in [-0.4, -0.2) is 26.2 Å². The smallest absolute Gasteiger partial charge is 0.387 e. The van der Waals surface area contributed by atoms with Crippen molar-refractivity contribution in [1.82, 2.24) is 10.6 Å². The first-order chi connectivity index (χ1) is 9.67. The number of hydrogen-bond donors (Lipinski definition) is 2. The number of nitrogens with one attached hydrogen (secondary N) is 2. The monoisotopic (exact) mass is 411 g/mol. The summed E-state index contributed by atoms with van der Waals surface area (Å²) in [6.45, 7) is -1.37. The normalized spacial score (nSPS) is 14.6. The highest BCUT2D eigenvalue weighted by atomic mass is 127. The van der Waals surface area contributed by atoms with Gasteiger partial charge in [0.05, 0.1) is 0 Å². The largest absolute Gasteiger partial charge is 0.435 e. The van der Waals surface area contributed by atoms with Crippen LogP contribution in [-0.2, 0) is 6.54 Å². The SMILES string of the molecule is CN=C(NCc1cccc(OC(F)F)c1)NCC1CC1.I. The maximum Gasteiger partial charge on any atom is 0.387 e. The molecular formula is C14H20F2IN3O. The van der Waals surface area contributed by atoms with Crippen molar-refractivity contribution in [3.05, 3.63) is 29.8 Å². The standard InChI is InChI=1S/C14H19F2N3O.HI/c1-17-14(18-8-10-5-6-10)19-9-11-3-2-4-12(7-11)20-13(15)16;/h2-4,7,10,13H,5-6,8-9H2,1H3,(H2,17,18,19);1H. The van der Waals surface area contributed by atoms with Gasteiger partial charge in [0, 0.05) is 20.1 Å². The summed E-state index contributed by atoms with van der Waals surface area (Å²) in [4.78, 5) is 4.12. The van der Waals surface area contributed by atoms with E-state index < -0.39 is 6.61 Å². The Morgan fingerprint density at radius 1 is 1.38 bits per heavy atom. The van der Waals surface area contributed by atoms with Gasteiger partial charge >= 0.3 is 6.61 Å². The number of halogens is 3. The van der Waals surface area contributed by atoms with Crippen LogP contribution < -0.4 is 15.4 Å². The molecule has 0 amide bonds. The number of aliphatic imine (C=N–C) groups is 1. The zero-order valence-electron chi connectivity index (χ0n) is 11.8. The van der Waals surface area contributed by atoms with E-state index in [1.165, 1.54) is 18.9 Å². The van der Waals surface area contributed by atoms with Crippen molar-refractivity contribution in [2.75, 3.05) is 13.6 Å². The fourth-order valence-electron chi connectivity index (χ4n) is 1.80. The highest BCUT2D eigenvalue weighted by molar-refractivity contribution is 14.0. The Hall–Kier alpha value is -1.12. The van der Waals surface area contributed by atoms with Crippen LogP contribution >= 0.6 is 24.0 Å². The first-order valence-electron chi connectivity index (χ1n) is 6.65. The molecule has 0 aliphatic heterocycles. The average Bonchev–Trinajstić information content (AvgIpc) is 3.23. The fraction of sp³-hybridized carbons (Fsp3) is 0.500. The van der Waals surface area contributed by atoms with E-state index in [0.29, 0.717) is 6.54 Å². The van der Waals surface area contributed by atoms with Gasteiger partial charge in [-0.3, -0.25) is 4.99 Å². The average molecular weight is 411 g/mol. The molecule has 2 N–H and O–H groups in total. The molecule has 0 atom stereocenters. The van der Waals surface area contributed by atoms with Gasteiger partial charge < -0.3 is 15.4 Å². The molecule has 0 spiro atoms. The number of alkyl halides is 2. The lowest BCUT2D eigenvalue weighted by Gasteiger charge is -2.12. The van der Waals surface area contributed by atoms with Crippen molar-refractivity contribution in [3.63, 3.8) is 0 Å². The maximum absolute atomic E-state index is 12.1. The highest BCUT2D eigenvalue weighted by Crippen LogP contribution is 2.27. The second-order valence-corrected chi connectivity index (χ2v) is 4.78. The zero-order chi connectivity index (χ0) is 14.4. The third-order valence-corrected chi connectivity index (χ3v) is 3.06. The van der Waals surface area contributed by atoms with E-state index >= 15 is 0 Å². The number of guanidine groups is 1. The van der Waals surface area contributed by atoms with E-state index in [2.05, 4.69) is 20.4 Å². The van der Waals surface area contributed by atoms with Crippen LogP contribution in [0.1, 0.15) is 18.4 Å². The Bertz CT molecular complexity index is 467. The van der Waals surface area contributed by atoms with Gasteiger partial charge in [-0.25, -0.2) is 0 Å². The predicted molar refractivity (Wildman–Crippen MR) is 89.4 cm³/mol. The van der Waals surface area contributed by atoms with E-state index in [1.807, 2.05) is 6.07 Å². The van der Waals surface area contributed by atoms with Gasteiger partial charge in [0.15, 0.2) is 5.96 Å². The van der Waals surface area contributed by atoms with Crippen LogP contribution in [0.3, 0.4) is 0 Å². The molecular weight excluding hydrogens is 391 g/mol. The lowest BCUT2D eigenvalue weighted by Crippen LogP contribution is -2.37. The summed E-state index contributed by atoms with van der Waals surface area (Å²) in [5.41, 5.74) is 0.859. The van der Waals surface area contributed by atoms with E-state index in [1.54, 1.807) is 19.2 Å². The molecule has 1 aliphatic carbocycles. The summed E-state index contributed by atoms with van der Waals surface area (Å²) in [7, 11) is 1.71. The first kappa shape index (κ1) is 17.9. The summed E-state index contributed by atoms with van der Waals surface area (Å²) in [6.07, 6.45) is 2.55. The molecule has 1 fully saturated rings. The summed E-state index contributed by atoms with van der Waals surface area (Å²) >= 11 is 0. The van der Waals surface area contributed by atoms with Crippen LogP contribution in [0.25, 0.3) is 0 Å². The second kappa shape index (κ2) is 9.01. The minimum atomic E-state index is -2.80. The van der Waals surface area contributed by atoms with E-state index in [-0.39, 0.29) is 29.7 Å². The van der Waals surface area contributed by atoms with Crippen LogP contribution in [0.15, 0.2) is 29.3 Å². The third-order valence-electron chi connectivity index (χ3n) is 3.06. The quantitative estimate of drug-likeness (QED) is 0.430. The van der Waals surface area contributed by atoms with Crippen molar-refractivity contribution in [1.29, 1.82) is 0 Å². The van der Waals surface area contributed by atoms with Gasteiger partial charge in [-0.1, -0.05) is 12.1 Å². The third kappa shape index (κ3) is 6.92. The van der Waals surface area contributed by atoms with E-state index in [9.17, 15) is 8.78 Å². The predicted octanol–water partition coefficient (Wildman–Crippen LogP) is 2.98. The molecule has 0 radical (unpaired) electrons. The Balaban J connectivity index is 0.00000220. The van der Waals surface area contributed by atoms with Crippen molar-refractivity contribution in [2.24, 2.45) is 10.9 Å². The fourth-order valence-corrected chi connectivity index (χ4v) is 1.80. The molecule has 0 bridgehead atoms. The van der Waals surface area contributed by atoms with Crippen LogP contribution in [0, 0.1) is 5.92 Å². The molecule has 4 nitrogen and oxygen atoms in total. The molecule has 2 rings (SSSR count).